The Balaban J connectivity index is 0. The summed E-state index contributed by atoms with van der Waals surface area (Å²) >= 11 is 0. The van der Waals surface area contributed by atoms with Crippen LogP contribution in [0.2, 0.25) is 0 Å². The summed E-state index contributed by atoms with van der Waals surface area (Å²) < 4.78 is 4.98. The van der Waals surface area contributed by atoms with Crippen LogP contribution in [0.4, 0.5) is 4.79 Å². The van der Waals surface area contributed by atoms with Crippen molar-refractivity contribution < 1.29 is 39.0 Å². The molecule has 7 N–H and O–H groups in total. The van der Waals surface area contributed by atoms with E-state index in [2.05, 4.69) is 10.2 Å². The number of likely N-dealkylation sites (N-methyl/N-ethyl adjacent to an activating group) is 1. The molecule has 0 saturated carbocycles. The van der Waals surface area contributed by atoms with E-state index < -0.39 is 36.2 Å². The Morgan fingerprint density at radius 2 is 1.46 bits per heavy atom. The number of rotatable bonds is 13. The van der Waals surface area contributed by atoms with E-state index in [1.807, 2.05) is 65.0 Å². The average molecular weight is 557 g/mol. The Labute approximate surface area is 232 Å². The number of nitrogens with one attached hydrogen (secondary N) is 1. The number of carbonyl (C=O) groups is 4. The first-order valence-corrected chi connectivity index (χ1v) is 12.9. The third-order valence-electron chi connectivity index (χ3n) is 5.05. The van der Waals surface area contributed by atoms with Gasteiger partial charge in [0.1, 0.15) is 18.7 Å². The molecule has 2 amide bonds. The summed E-state index contributed by atoms with van der Waals surface area (Å²) in [5.41, 5.74) is 11.6. The van der Waals surface area contributed by atoms with Crippen LogP contribution in [0.25, 0.3) is 0 Å². The summed E-state index contributed by atoms with van der Waals surface area (Å²) in [5.74, 6) is -1.60. The molecule has 0 aliphatic rings. The van der Waals surface area contributed by atoms with Gasteiger partial charge in [-0.3, -0.25) is 14.4 Å². The van der Waals surface area contributed by atoms with Crippen molar-refractivity contribution in [2.45, 2.75) is 85.0 Å². The molecule has 0 spiro atoms. The van der Waals surface area contributed by atoms with Gasteiger partial charge in [-0.2, -0.15) is 0 Å². The molecule has 0 aromatic heterocycles. The van der Waals surface area contributed by atoms with Gasteiger partial charge in [-0.15, -0.1) is 0 Å². The number of hydrogen-bond acceptors (Lipinski definition) is 8. The van der Waals surface area contributed by atoms with Crippen molar-refractivity contribution in [1.29, 1.82) is 0 Å². The van der Waals surface area contributed by atoms with Crippen LogP contribution < -0.4 is 16.8 Å². The molecule has 0 unspecified atom stereocenters. The minimum atomic E-state index is -1.05. The first kappa shape index (κ1) is 37.9. The van der Waals surface area contributed by atoms with E-state index >= 15 is 0 Å². The molecule has 1 aromatic rings. The molecular weight excluding hydrogens is 508 g/mol. The van der Waals surface area contributed by atoms with Crippen molar-refractivity contribution in [1.82, 2.24) is 10.4 Å². The highest BCUT2D eigenvalue weighted by Gasteiger charge is 2.21. The fourth-order valence-electron chi connectivity index (χ4n) is 2.97. The Hall–Kier alpha value is -3.22. The van der Waals surface area contributed by atoms with Crippen molar-refractivity contribution in [3.05, 3.63) is 35.9 Å². The predicted octanol–water partition coefficient (Wildman–Crippen LogP) is 2.99. The lowest BCUT2D eigenvalue weighted by Crippen LogP contribution is -2.41. The van der Waals surface area contributed by atoms with Gasteiger partial charge in [0, 0.05) is 7.05 Å². The zero-order valence-electron chi connectivity index (χ0n) is 24.3. The molecule has 1 rings (SSSR count). The topological polar surface area (TPSA) is 195 Å². The highest BCUT2D eigenvalue weighted by molar-refractivity contribution is 5.80. The third kappa shape index (κ3) is 20.4. The number of nitrogens with zero attached hydrogens (tertiary/aromatic N) is 1. The molecule has 3 atom stereocenters. The molecule has 0 bridgehead atoms. The van der Waals surface area contributed by atoms with Crippen LogP contribution in [0, 0.1) is 11.8 Å². The standard InChI is InChI=1S/C14H19NO4.C7H16N2O2.C6H13NO2/c1-10(2)8-12(13(16)17)15-14(18)19-9-11-6-4-3-5-7-11;1-4-5-6(8)7(10)9(2)11-3;1-4(2)3-5(7)6(8)9/h3-7,10,12H,8-9H2,1-2H3,(H,15,18)(H,16,17);6H,4-5,8H2,1-3H3;4-5H,3,7H2,1-2H3,(H,8,9)/t12-;6-;5-/m000/s1. The monoisotopic (exact) mass is 556 g/mol. The number of amides is 2. The van der Waals surface area contributed by atoms with E-state index in [4.69, 9.17) is 26.4 Å². The van der Waals surface area contributed by atoms with Gasteiger partial charge in [-0.25, -0.2) is 14.7 Å². The van der Waals surface area contributed by atoms with Gasteiger partial charge < -0.3 is 31.7 Å². The molecule has 0 heterocycles. The fraction of sp³-hybridized carbons (Fsp3) is 0.630. The molecule has 12 heteroatoms. The molecule has 224 valence electrons. The number of alkyl carbamates (subject to hydrolysis) is 1. The summed E-state index contributed by atoms with van der Waals surface area (Å²) in [6, 6.07) is 7.18. The van der Waals surface area contributed by atoms with Crippen molar-refractivity contribution in [3.63, 3.8) is 0 Å². The maximum atomic E-state index is 11.5. The van der Waals surface area contributed by atoms with E-state index in [0.29, 0.717) is 25.2 Å². The van der Waals surface area contributed by atoms with Gasteiger partial charge in [-0.05, 0) is 36.7 Å². The van der Waals surface area contributed by atoms with Gasteiger partial charge in [0.05, 0.1) is 13.2 Å². The molecule has 0 radical (unpaired) electrons. The summed E-state index contributed by atoms with van der Waals surface area (Å²) in [7, 11) is 2.99. The second-order valence-electron chi connectivity index (χ2n) is 9.71. The van der Waals surface area contributed by atoms with Crippen LogP contribution in [0.1, 0.15) is 65.9 Å². The van der Waals surface area contributed by atoms with Crippen molar-refractivity contribution in [3.8, 4) is 0 Å². The molecule has 0 fully saturated rings. The summed E-state index contributed by atoms with van der Waals surface area (Å²) in [5, 5.41) is 20.8. The summed E-state index contributed by atoms with van der Waals surface area (Å²) in [6.07, 6.45) is 1.82. The summed E-state index contributed by atoms with van der Waals surface area (Å²) in [4.78, 5) is 48.4. The number of nitrogens with two attached hydrogens (primary N) is 2. The van der Waals surface area contributed by atoms with E-state index in [-0.39, 0.29) is 18.4 Å². The zero-order valence-corrected chi connectivity index (χ0v) is 24.3. The maximum Gasteiger partial charge on any atom is 0.408 e. The second-order valence-corrected chi connectivity index (χ2v) is 9.71. The number of aliphatic carboxylic acids is 2. The highest BCUT2D eigenvalue weighted by atomic mass is 16.7. The Kier molecular flexibility index (Phi) is 21.1. The van der Waals surface area contributed by atoms with Gasteiger partial charge in [0.15, 0.2) is 0 Å². The van der Waals surface area contributed by atoms with Gasteiger partial charge in [0.25, 0.3) is 5.91 Å². The average Bonchev–Trinajstić information content (AvgIpc) is 2.87. The van der Waals surface area contributed by atoms with Crippen LogP contribution in [0.15, 0.2) is 30.3 Å². The number of carboxylic acids is 2. The zero-order chi connectivity index (χ0) is 30.5. The summed E-state index contributed by atoms with van der Waals surface area (Å²) in [6.45, 7) is 9.80. The van der Waals surface area contributed by atoms with E-state index in [1.165, 1.54) is 7.11 Å². The van der Waals surface area contributed by atoms with Gasteiger partial charge in [0.2, 0.25) is 0 Å². The second kappa shape index (κ2) is 21.7. The molecule has 12 nitrogen and oxygen atoms in total. The third-order valence-corrected chi connectivity index (χ3v) is 5.05. The lowest BCUT2D eigenvalue weighted by molar-refractivity contribution is -0.170. The number of hydrogen-bond donors (Lipinski definition) is 5. The minimum Gasteiger partial charge on any atom is -0.480 e. The number of carboxylic acid groups (broad SMARTS) is 2. The van der Waals surface area contributed by atoms with Gasteiger partial charge in [-0.1, -0.05) is 71.4 Å². The Bertz CT molecular complexity index is 836. The van der Waals surface area contributed by atoms with Crippen LogP contribution in [-0.4, -0.2) is 71.5 Å². The molecular formula is C27H48N4O8. The first-order valence-electron chi connectivity index (χ1n) is 12.9. The number of carbonyl (C=O) groups excluding carboxylic acids is 2. The molecule has 0 saturated heterocycles. The molecule has 39 heavy (non-hydrogen) atoms. The normalized spacial score (nSPS) is 12.6. The van der Waals surface area contributed by atoms with Crippen LogP contribution in [-0.2, 0) is 30.6 Å². The number of hydroxylamine groups is 2. The molecule has 0 aliphatic carbocycles. The van der Waals surface area contributed by atoms with Crippen LogP contribution in [0.3, 0.4) is 0 Å². The fourth-order valence-corrected chi connectivity index (χ4v) is 2.97. The van der Waals surface area contributed by atoms with Crippen molar-refractivity contribution in [2.75, 3.05) is 14.2 Å². The minimum absolute atomic E-state index is 0.126. The predicted molar refractivity (Wildman–Crippen MR) is 148 cm³/mol. The van der Waals surface area contributed by atoms with E-state index in [0.717, 1.165) is 17.0 Å². The SMILES string of the molecule is CC(C)C[C@H](N)C(=O)O.CC(C)C[C@H](NC(=O)OCc1ccccc1)C(=O)O.CCC[C@H](N)C(=O)N(C)OC. The van der Waals surface area contributed by atoms with E-state index in [1.54, 1.807) is 7.05 Å². The van der Waals surface area contributed by atoms with E-state index in [9.17, 15) is 19.2 Å². The van der Waals surface area contributed by atoms with Crippen LogP contribution >= 0.6 is 0 Å². The quantitative estimate of drug-likeness (QED) is 0.225. The Morgan fingerprint density at radius 3 is 1.85 bits per heavy atom. The highest BCUT2D eigenvalue weighted by Crippen LogP contribution is 2.06. The maximum absolute atomic E-state index is 11.5. The number of ether oxygens (including phenoxy) is 1. The lowest BCUT2D eigenvalue weighted by atomic mass is 10.0. The molecule has 1 aromatic carbocycles. The number of benzene rings is 1. The first-order chi connectivity index (χ1) is 18.2. The Morgan fingerprint density at radius 1 is 0.923 bits per heavy atom. The molecule has 0 aliphatic heterocycles. The van der Waals surface area contributed by atoms with Gasteiger partial charge >= 0.3 is 18.0 Å². The lowest BCUT2D eigenvalue weighted by Gasteiger charge is -2.17. The smallest absolute Gasteiger partial charge is 0.408 e. The largest absolute Gasteiger partial charge is 0.480 e. The van der Waals surface area contributed by atoms with Crippen molar-refractivity contribution >= 4 is 23.9 Å². The van der Waals surface area contributed by atoms with Crippen LogP contribution in [0.5, 0.6) is 0 Å². The van der Waals surface area contributed by atoms with Crippen molar-refractivity contribution in [2.24, 2.45) is 23.3 Å².